The van der Waals surface area contributed by atoms with E-state index in [2.05, 4.69) is 45.1 Å². The fourth-order valence-electron chi connectivity index (χ4n) is 7.12. The standard InChI is InChI=1S/C36H44N6O6S2/c1-4-24-18-36(24,34(45)41-50(46,47)27-12-13-27)40-31(43)29-17-26-19-42(29)33(44)30(21(2)3)39-35-38-25(20-49-35)9-7-5-6-8-22-10-11-23-14-15-37-32(48-26)28(23)16-22/h4,10-11,14-16,20-21,24,26-27,29-30H,1,5-9,12-13,17-19H2,2-3H3,(H,38,39)(H,40,43)(H,41,45)/t24-,26+,29-,30-,36+/m0/s1. The highest BCUT2D eigenvalue weighted by atomic mass is 32.2. The molecule has 5 atom stereocenters. The van der Waals surface area contributed by atoms with Gasteiger partial charge in [0.15, 0.2) is 5.13 Å². The number of sulfonamides is 1. The van der Waals surface area contributed by atoms with Crippen molar-refractivity contribution < 1.29 is 27.5 Å². The molecule has 14 heteroatoms. The van der Waals surface area contributed by atoms with E-state index >= 15 is 0 Å². The molecule has 4 aliphatic rings. The fraction of sp³-hybridized carbons (Fsp3) is 0.528. The Morgan fingerprint density at radius 1 is 1.18 bits per heavy atom. The van der Waals surface area contributed by atoms with Crippen LogP contribution < -0.4 is 20.1 Å². The maximum atomic E-state index is 14.5. The lowest BCUT2D eigenvalue weighted by atomic mass is 10.0. The van der Waals surface area contributed by atoms with Gasteiger partial charge in [0.05, 0.1) is 17.5 Å². The average Bonchev–Trinajstić information content (AvgIpc) is 3.98. The molecule has 4 heterocycles. The van der Waals surface area contributed by atoms with Crippen LogP contribution >= 0.6 is 11.3 Å². The van der Waals surface area contributed by atoms with Crippen LogP contribution in [0, 0.1) is 11.8 Å². The van der Waals surface area contributed by atoms with Crippen LogP contribution in [-0.4, -0.2) is 76.5 Å². The summed E-state index contributed by atoms with van der Waals surface area (Å²) in [7, 11) is -3.85. The van der Waals surface area contributed by atoms with Gasteiger partial charge in [-0.05, 0) is 73.9 Å². The Labute approximate surface area is 296 Å². The monoisotopic (exact) mass is 720 g/mol. The molecule has 1 aromatic carbocycles. The number of pyridine rings is 1. The topological polar surface area (TPSA) is 160 Å². The van der Waals surface area contributed by atoms with E-state index in [9.17, 15) is 22.8 Å². The lowest BCUT2D eigenvalue weighted by Crippen LogP contribution is -2.58. The van der Waals surface area contributed by atoms with Gasteiger partial charge >= 0.3 is 0 Å². The summed E-state index contributed by atoms with van der Waals surface area (Å²) in [5.41, 5.74) is 0.689. The number of hydrogen-bond donors (Lipinski definition) is 3. The highest BCUT2D eigenvalue weighted by molar-refractivity contribution is 7.91. The van der Waals surface area contributed by atoms with Gasteiger partial charge < -0.3 is 20.3 Å². The van der Waals surface area contributed by atoms with Crippen LogP contribution in [0.15, 0.2) is 48.5 Å². The molecule has 3 aromatic rings. The van der Waals surface area contributed by atoms with E-state index in [4.69, 9.17) is 9.72 Å². The van der Waals surface area contributed by atoms with Gasteiger partial charge in [-0.2, -0.15) is 0 Å². The molecule has 3 N–H and O–H groups in total. The van der Waals surface area contributed by atoms with Crippen molar-refractivity contribution in [2.24, 2.45) is 11.8 Å². The minimum atomic E-state index is -3.85. The van der Waals surface area contributed by atoms with Gasteiger partial charge in [0.1, 0.15) is 23.7 Å². The summed E-state index contributed by atoms with van der Waals surface area (Å²) in [6, 6.07) is 6.56. The molecule has 7 rings (SSSR count). The molecule has 2 aliphatic carbocycles. The number of carbonyl (C=O) groups is 3. The molecule has 3 amide bonds. The van der Waals surface area contributed by atoms with Gasteiger partial charge in [0.25, 0.3) is 5.91 Å². The second-order valence-corrected chi connectivity index (χ2v) is 17.2. The summed E-state index contributed by atoms with van der Waals surface area (Å²) in [4.78, 5) is 53.0. The summed E-state index contributed by atoms with van der Waals surface area (Å²) in [5, 5.41) is 10.1. The predicted molar refractivity (Wildman–Crippen MR) is 191 cm³/mol. The van der Waals surface area contributed by atoms with Crippen molar-refractivity contribution >= 4 is 55.0 Å². The molecule has 12 nitrogen and oxygen atoms in total. The number of ether oxygens (including phenoxy) is 1. The number of hydrogen-bond acceptors (Lipinski definition) is 10. The van der Waals surface area contributed by atoms with Crippen molar-refractivity contribution in [1.82, 2.24) is 24.9 Å². The normalized spacial score (nSPS) is 27.1. The number of benzene rings is 1. The van der Waals surface area contributed by atoms with Gasteiger partial charge in [-0.1, -0.05) is 38.5 Å². The van der Waals surface area contributed by atoms with Crippen LogP contribution in [-0.2, 0) is 37.2 Å². The Bertz CT molecular complexity index is 1930. The Kier molecular flexibility index (Phi) is 9.35. The first-order chi connectivity index (χ1) is 24.0. The van der Waals surface area contributed by atoms with E-state index in [1.54, 1.807) is 12.3 Å². The first-order valence-corrected chi connectivity index (χ1v) is 20.0. The van der Waals surface area contributed by atoms with Crippen molar-refractivity contribution in [3.8, 4) is 5.88 Å². The number of amides is 3. The van der Waals surface area contributed by atoms with Crippen LogP contribution in [0.25, 0.3) is 10.8 Å². The largest absolute Gasteiger partial charge is 0.472 e. The van der Waals surface area contributed by atoms with Crippen molar-refractivity contribution in [1.29, 1.82) is 0 Å². The molecule has 0 radical (unpaired) electrons. The van der Waals surface area contributed by atoms with Crippen LogP contribution in [0.3, 0.4) is 0 Å². The van der Waals surface area contributed by atoms with E-state index in [-0.39, 0.29) is 31.2 Å². The Balaban J connectivity index is 1.21. The molecule has 6 bridgehead atoms. The first-order valence-electron chi connectivity index (χ1n) is 17.5. The zero-order valence-corrected chi connectivity index (χ0v) is 30.0. The van der Waals surface area contributed by atoms with Crippen LogP contribution in [0.1, 0.15) is 70.1 Å². The second kappa shape index (κ2) is 13.6. The van der Waals surface area contributed by atoms with Crippen LogP contribution in [0.2, 0.25) is 0 Å². The molecule has 2 aliphatic heterocycles. The number of fused-ring (bicyclic) bond motifs is 5. The van der Waals surface area contributed by atoms with Crippen molar-refractivity contribution in [3.05, 3.63) is 59.8 Å². The summed E-state index contributed by atoms with van der Waals surface area (Å²) in [6.45, 7) is 7.79. The van der Waals surface area contributed by atoms with Crippen molar-refractivity contribution in [2.75, 3.05) is 11.9 Å². The first kappa shape index (κ1) is 34.4. The minimum Gasteiger partial charge on any atom is -0.472 e. The smallest absolute Gasteiger partial charge is 0.259 e. The Morgan fingerprint density at radius 2 is 1.98 bits per heavy atom. The SMILES string of the molecule is C=C[C@H]1C[C@]1(NC(=O)[C@@H]1C[C@@H]2CN1C(=O)[C@H](C(C)C)Nc1nc(cs1)CCCCCc1ccc3ccnc(c3c1)O2)C(=O)NS(=O)(=O)C1CC1. The molecule has 2 aromatic heterocycles. The molecule has 0 spiro atoms. The molecular formula is C36H44N6O6S2. The van der Waals surface area contributed by atoms with E-state index < -0.39 is 56.7 Å². The number of carbonyl (C=O) groups excluding carboxylic acids is 3. The molecule has 2 saturated carbocycles. The molecule has 0 unspecified atom stereocenters. The molecule has 3 fully saturated rings. The molecular weight excluding hydrogens is 677 g/mol. The maximum Gasteiger partial charge on any atom is 0.259 e. The fourth-order valence-corrected chi connectivity index (χ4v) is 9.26. The predicted octanol–water partition coefficient (Wildman–Crippen LogP) is 4.11. The van der Waals surface area contributed by atoms with Crippen molar-refractivity contribution in [3.63, 3.8) is 0 Å². The lowest BCUT2D eigenvalue weighted by Gasteiger charge is -2.31. The van der Waals surface area contributed by atoms with E-state index in [0.717, 1.165) is 48.6 Å². The summed E-state index contributed by atoms with van der Waals surface area (Å²) < 4.78 is 34.1. The zero-order valence-electron chi connectivity index (χ0n) is 28.4. The summed E-state index contributed by atoms with van der Waals surface area (Å²) >= 11 is 1.46. The lowest BCUT2D eigenvalue weighted by molar-refractivity contribution is -0.140. The van der Waals surface area contributed by atoms with E-state index in [1.807, 2.05) is 25.3 Å². The molecule has 266 valence electrons. The quantitative estimate of drug-likeness (QED) is 0.306. The summed E-state index contributed by atoms with van der Waals surface area (Å²) in [6.07, 6.45) is 8.88. The van der Waals surface area contributed by atoms with E-state index in [1.165, 1.54) is 21.8 Å². The summed E-state index contributed by atoms with van der Waals surface area (Å²) in [5.74, 6) is -1.80. The Morgan fingerprint density at radius 3 is 2.72 bits per heavy atom. The number of aromatic nitrogens is 2. The zero-order chi connectivity index (χ0) is 35.2. The number of nitrogens with zero attached hydrogens (tertiary/aromatic N) is 3. The number of rotatable bonds is 7. The van der Waals surface area contributed by atoms with Gasteiger partial charge in [0, 0.05) is 29.3 Å². The number of nitrogens with one attached hydrogen (secondary N) is 3. The third kappa shape index (κ3) is 6.96. The Hall–Kier alpha value is -4.04. The van der Waals surface area contributed by atoms with Gasteiger partial charge in [0.2, 0.25) is 27.7 Å². The van der Waals surface area contributed by atoms with Crippen molar-refractivity contribution in [2.45, 2.75) is 101 Å². The third-order valence-electron chi connectivity index (χ3n) is 10.3. The van der Waals surface area contributed by atoms with Crippen LogP contribution in [0.5, 0.6) is 5.88 Å². The number of aryl methyl sites for hydroxylation is 2. The second-order valence-electron chi connectivity index (χ2n) is 14.4. The van der Waals surface area contributed by atoms with Gasteiger partial charge in [-0.15, -0.1) is 17.9 Å². The molecule has 1 saturated heterocycles. The van der Waals surface area contributed by atoms with E-state index in [0.29, 0.717) is 23.9 Å². The van der Waals surface area contributed by atoms with Gasteiger partial charge in [-0.25, -0.2) is 18.4 Å². The third-order valence-corrected chi connectivity index (χ3v) is 13.0. The maximum absolute atomic E-state index is 14.5. The number of anilines is 1. The highest BCUT2D eigenvalue weighted by Gasteiger charge is 2.62. The van der Waals surface area contributed by atoms with Gasteiger partial charge in [-0.3, -0.25) is 19.1 Å². The molecule has 50 heavy (non-hydrogen) atoms. The minimum absolute atomic E-state index is 0.114. The number of thiazole rings is 1. The average molecular weight is 721 g/mol. The van der Waals surface area contributed by atoms with Crippen LogP contribution in [0.4, 0.5) is 5.13 Å². The highest BCUT2D eigenvalue weighted by Crippen LogP contribution is 2.45.